The van der Waals surface area contributed by atoms with E-state index in [9.17, 15) is 9.90 Å². The van der Waals surface area contributed by atoms with Crippen LogP contribution in [0.15, 0.2) is 24.3 Å². The fourth-order valence-electron chi connectivity index (χ4n) is 1.73. The summed E-state index contributed by atoms with van der Waals surface area (Å²) in [5.41, 5.74) is 1.55. The summed E-state index contributed by atoms with van der Waals surface area (Å²) in [6.07, 6.45) is 0.588. The molecule has 0 saturated carbocycles. The highest BCUT2D eigenvalue weighted by Crippen LogP contribution is 2.20. The summed E-state index contributed by atoms with van der Waals surface area (Å²) in [6, 6.07) is 8.19. The van der Waals surface area contributed by atoms with Gasteiger partial charge in [0.2, 0.25) is 0 Å². The van der Waals surface area contributed by atoms with E-state index in [4.69, 9.17) is 0 Å². The van der Waals surface area contributed by atoms with Crippen molar-refractivity contribution in [2.24, 2.45) is 0 Å². The van der Waals surface area contributed by atoms with Gasteiger partial charge in [-0.15, -0.1) is 0 Å². The number of hydrogen-bond donors (Lipinski definition) is 1. The van der Waals surface area contributed by atoms with E-state index in [0.29, 0.717) is 13.0 Å². The number of benzene rings is 1. The maximum absolute atomic E-state index is 11.3. The summed E-state index contributed by atoms with van der Waals surface area (Å²) < 4.78 is 0. The molecule has 0 bridgehead atoms. The van der Waals surface area contributed by atoms with Crippen LogP contribution >= 0.6 is 0 Å². The van der Waals surface area contributed by atoms with Gasteiger partial charge in [-0.05, 0) is 32.9 Å². The van der Waals surface area contributed by atoms with E-state index in [0.717, 1.165) is 5.56 Å². The van der Waals surface area contributed by atoms with Crippen molar-refractivity contribution in [1.29, 1.82) is 0 Å². The third kappa shape index (κ3) is 3.07. The quantitative estimate of drug-likeness (QED) is 0.853. The van der Waals surface area contributed by atoms with E-state index in [1.54, 1.807) is 6.92 Å². The number of nitrogens with zero attached hydrogens (tertiary/aromatic N) is 1. The fraction of sp³-hybridized carbons (Fsp3) is 0.500. The monoisotopic (exact) mass is 235 g/mol. The molecule has 0 aliphatic rings. The molecular formula is C14H21NO2. The van der Waals surface area contributed by atoms with Crippen LogP contribution in [0.5, 0.6) is 0 Å². The molecule has 0 fully saturated rings. The van der Waals surface area contributed by atoms with Gasteiger partial charge in [-0.3, -0.25) is 9.69 Å². The van der Waals surface area contributed by atoms with Gasteiger partial charge in [-0.25, -0.2) is 0 Å². The van der Waals surface area contributed by atoms with Crippen LogP contribution in [0.25, 0.3) is 0 Å². The SMILES string of the molecule is CCC(C)(C(=O)O)N(C)Cc1ccc(C)cc1. The van der Waals surface area contributed by atoms with Crippen LogP contribution in [0.1, 0.15) is 31.4 Å². The third-order valence-electron chi connectivity index (χ3n) is 3.53. The zero-order valence-electron chi connectivity index (χ0n) is 11.0. The van der Waals surface area contributed by atoms with Gasteiger partial charge < -0.3 is 5.11 Å². The molecular weight excluding hydrogens is 214 g/mol. The lowest BCUT2D eigenvalue weighted by atomic mass is 9.96. The molecule has 0 heterocycles. The first-order valence-electron chi connectivity index (χ1n) is 5.90. The van der Waals surface area contributed by atoms with Crippen molar-refractivity contribution in [3.05, 3.63) is 35.4 Å². The standard InChI is InChI=1S/C14H21NO2/c1-5-14(3,13(16)17)15(4)10-12-8-6-11(2)7-9-12/h6-9H,5,10H2,1-4H3,(H,16,17). The minimum atomic E-state index is -0.801. The highest BCUT2D eigenvalue weighted by molar-refractivity contribution is 5.78. The lowest BCUT2D eigenvalue weighted by Crippen LogP contribution is -2.49. The Kier molecular flexibility index (Phi) is 4.29. The molecule has 0 radical (unpaired) electrons. The lowest BCUT2D eigenvalue weighted by Gasteiger charge is -2.34. The number of carboxylic acid groups (broad SMARTS) is 1. The predicted octanol–water partition coefficient (Wildman–Crippen LogP) is 2.68. The van der Waals surface area contributed by atoms with Crippen molar-refractivity contribution >= 4 is 5.97 Å². The van der Waals surface area contributed by atoms with Gasteiger partial charge >= 0.3 is 5.97 Å². The number of aryl methyl sites for hydroxylation is 1. The smallest absolute Gasteiger partial charge is 0.323 e. The molecule has 0 amide bonds. The predicted molar refractivity (Wildman–Crippen MR) is 69.0 cm³/mol. The van der Waals surface area contributed by atoms with Gasteiger partial charge in [0.15, 0.2) is 0 Å². The zero-order valence-corrected chi connectivity index (χ0v) is 11.0. The van der Waals surface area contributed by atoms with Crippen LogP contribution < -0.4 is 0 Å². The molecule has 1 atom stereocenters. The van der Waals surface area contributed by atoms with Crippen LogP contribution in [0.2, 0.25) is 0 Å². The average molecular weight is 235 g/mol. The molecule has 1 rings (SSSR count). The molecule has 94 valence electrons. The summed E-state index contributed by atoms with van der Waals surface area (Å²) in [5, 5.41) is 9.28. The minimum absolute atomic E-state index is 0.588. The van der Waals surface area contributed by atoms with Crippen LogP contribution in [-0.4, -0.2) is 28.6 Å². The number of likely N-dealkylation sites (N-methyl/N-ethyl adjacent to an activating group) is 1. The number of carbonyl (C=O) groups is 1. The molecule has 1 aromatic carbocycles. The number of hydrogen-bond acceptors (Lipinski definition) is 2. The largest absolute Gasteiger partial charge is 0.480 e. The second kappa shape index (κ2) is 5.32. The Morgan fingerprint density at radius 3 is 2.29 bits per heavy atom. The molecule has 0 saturated heterocycles. The van der Waals surface area contributed by atoms with Gasteiger partial charge in [0.1, 0.15) is 5.54 Å². The highest BCUT2D eigenvalue weighted by Gasteiger charge is 2.35. The summed E-state index contributed by atoms with van der Waals surface area (Å²) >= 11 is 0. The zero-order chi connectivity index (χ0) is 13.1. The molecule has 3 nitrogen and oxygen atoms in total. The van der Waals surface area contributed by atoms with Crippen molar-refractivity contribution in [2.45, 2.75) is 39.3 Å². The molecule has 1 aromatic rings. The van der Waals surface area contributed by atoms with Crippen LogP contribution in [0.3, 0.4) is 0 Å². The minimum Gasteiger partial charge on any atom is -0.480 e. The summed E-state index contributed by atoms with van der Waals surface area (Å²) in [5.74, 6) is -0.769. The van der Waals surface area contributed by atoms with Gasteiger partial charge in [0.25, 0.3) is 0 Å². The first-order chi connectivity index (χ1) is 7.90. The van der Waals surface area contributed by atoms with Crippen molar-refractivity contribution in [1.82, 2.24) is 4.90 Å². The second-order valence-corrected chi connectivity index (χ2v) is 4.77. The van der Waals surface area contributed by atoms with Crippen molar-refractivity contribution in [2.75, 3.05) is 7.05 Å². The van der Waals surface area contributed by atoms with E-state index in [2.05, 4.69) is 0 Å². The van der Waals surface area contributed by atoms with E-state index in [1.165, 1.54) is 5.56 Å². The maximum Gasteiger partial charge on any atom is 0.323 e. The van der Waals surface area contributed by atoms with E-state index in [1.807, 2.05) is 50.1 Å². The first kappa shape index (κ1) is 13.7. The summed E-state index contributed by atoms with van der Waals surface area (Å²) in [6.45, 7) is 6.36. The molecule has 1 N–H and O–H groups in total. The third-order valence-corrected chi connectivity index (χ3v) is 3.53. The average Bonchev–Trinajstić information content (AvgIpc) is 2.30. The van der Waals surface area contributed by atoms with Gasteiger partial charge in [0, 0.05) is 6.54 Å². The lowest BCUT2D eigenvalue weighted by molar-refractivity contribution is -0.150. The normalized spacial score (nSPS) is 14.6. The topological polar surface area (TPSA) is 40.5 Å². The molecule has 0 aromatic heterocycles. The maximum atomic E-state index is 11.3. The fourth-order valence-corrected chi connectivity index (χ4v) is 1.73. The Morgan fingerprint density at radius 2 is 1.88 bits per heavy atom. The van der Waals surface area contributed by atoms with Crippen molar-refractivity contribution < 1.29 is 9.90 Å². The van der Waals surface area contributed by atoms with Gasteiger partial charge in [-0.1, -0.05) is 36.8 Å². The number of aliphatic carboxylic acids is 1. The van der Waals surface area contributed by atoms with Crippen molar-refractivity contribution in [3.63, 3.8) is 0 Å². The van der Waals surface area contributed by atoms with Gasteiger partial charge in [0.05, 0.1) is 0 Å². The number of rotatable bonds is 5. The van der Waals surface area contributed by atoms with E-state index < -0.39 is 11.5 Å². The Morgan fingerprint density at radius 1 is 1.35 bits per heavy atom. The van der Waals surface area contributed by atoms with Crippen LogP contribution in [0, 0.1) is 6.92 Å². The highest BCUT2D eigenvalue weighted by atomic mass is 16.4. The Hall–Kier alpha value is -1.35. The molecule has 17 heavy (non-hydrogen) atoms. The van der Waals surface area contributed by atoms with Crippen molar-refractivity contribution in [3.8, 4) is 0 Å². The first-order valence-corrected chi connectivity index (χ1v) is 5.90. The van der Waals surface area contributed by atoms with Crippen LogP contribution in [-0.2, 0) is 11.3 Å². The van der Waals surface area contributed by atoms with Gasteiger partial charge in [-0.2, -0.15) is 0 Å². The summed E-state index contributed by atoms with van der Waals surface area (Å²) in [4.78, 5) is 13.2. The van der Waals surface area contributed by atoms with E-state index >= 15 is 0 Å². The Bertz CT molecular complexity index is 386. The Labute approximate surface area is 103 Å². The van der Waals surface area contributed by atoms with Crippen LogP contribution in [0.4, 0.5) is 0 Å². The number of carboxylic acids is 1. The second-order valence-electron chi connectivity index (χ2n) is 4.77. The molecule has 3 heteroatoms. The molecule has 0 aliphatic carbocycles. The van der Waals surface area contributed by atoms with E-state index in [-0.39, 0.29) is 0 Å². The summed E-state index contributed by atoms with van der Waals surface area (Å²) in [7, 11) is 1.86. The molecule has 0 spiro atoms. The molecule has 0 aliphatic heterocycles. The Balaban J connectivity index is 2.80. The molecule has 1 unspecified atom stereocenters.